The number of hydrogen-bond donors (Lipinski definition) is 0. The van der Waals surface area contributed by atoms with E-state index in [0.29, 0.717) is 5.92 Å². The Bertz CT molecular complexity index is 926. The molecule has 1 fully saturated rings. The molecule has 2 heterocycles. The minimum atomic E-state index is -0.0574. The van der Waals surface area contributed by atoms with Gasteiger partial charge in [0.1, 0.15) is 10.0 Å². The van der Waals surface area contributed by atoms with Gasteiger partial charge in [0.25, 0.3) is 0 Å². The van der Waals surface area contributed by atoms with Gasteiger partial charge in [-0.25, -0.2) is 0 Å². The zero-order valence-corrected chi connectivity index (χ0v) is 17.6. The second-order valence-electron chi connectivity index (χ2n) is 7.69. The van der Waals surface area contributed by atoms with Crippen molar-refractivity contribution in [1.82, 2.24) is 15.1 Å². The lowest BCUT2D eigenvalue weighted by atomic mass is 9.92. The molecule has 5 heteroatoms. The zero-order valence-electron chi connectivity index (χ0n) is 16.8. The van der Waals surface area contributed by atoms with Crippen LogP contribution < -0.4 is 0 Å². The highest BCUT2D eigenvalue weighted by molar-refractivity contribution is 7.11. The monoisotopic (exact) mass is 405 g/mol. The number of hydrogen-bond acceptors (Lipinski definition) is 4. The molecule has 0 radical (unpaired) electrons. The summed E-state index contributed by atoms with van der Waals surface area (Å²) >= 11 is 1.70. The standard InChI is InChI=1S/C24H27N3OS/c1-2-21(19-12-7-4-8-13-19)24(28)27-15-9-14-20(17-27)23-26-25-22(29-23)16-18-10-5-3-6-11-18/h3-8,10-13,20-21H,2,9,14-17H2,1H3. The van der Waals surface area contributed by atoms with Crippen LogP contribution in [0.3, 0.4) is 0 Å². The zero-order chi connectivity index (χ0) is 20.1. The lowest BCUT2D eigenvalue weighted by molar-refractivity contribution is -0.134. The molecule has 3 aromatic rings. The van der Waals surface area contributed by atoms with Crippen LogP contribution in [0.25, 0.3) is 0 Å². The second kappa shape index (κ2) is 9.31. The van der Waals surface area contributed by atoms with Crippen molar-refractivity contribution in [2.24, 2.45) is 0 Å². The molecular weight excluding hydrogens is 378 g/mol. The highest BCUT2D eigenvalue weighted by Crippen LogP contribution is 2.32. The first-order valence-electron chi connectivity index (χ1n) is 10.4. The number of carbonyl (C=O) groups is 1. The topological polar surface area (TPSA) is 46.1 Å². The second-order valence-corrected chi connectivity index (χ2v) is 8.78. The first-order chi connectivity index (χ1) is 14.2. The third-order valence-electron chi connectivity index (χ3n) is 5.67. The van der Waals surface area contributed by atoms with Gasteiger partial charge in [0, 0.05) is 25.4 Å². The molecule has 0 bridgehead atoms. The lowest BCUT2D eigenvalue weighted by Crippen LogP contribution is -2.41. The Hall–Kier alpha value is -2.53. The third kappa shape index (κ3) is 4.73. The Balaban J connectivity index is 1.44. The van der Waals surface area contributed by atoms with Gasteiger partial charge in [-0.1, -0.05) is 67.6 Å². The number of benzene rings is 2. The predicted molar refractivity (Wildman–Crippen MR) is 117 cm³/mol. The Morgan fingerprint density at radius 1 is 1.10 bits per heavy atom. The summed E-state index contributed by atoms with van der Waals surface area (Å²) in [6.45, 7) is 3.69. The first-order valence-corrected chi connectivity index (χ1v) is 11.3. The maximum atomic E-state index is 13.2. The number of nitrogens with zero attached hydrogens (tertiary/aromatic N) is 3. The summed E-state index contributed by atoms with van der Waals surface area (Å²) in [7, 11) is 0. The highest BCUT2D eigenvalue weighted by atomic mass is 32.1. The number of likely N-dealkylation sites (tertiary alicyclic amines) is 1. The Labute approximate surface area is 176 Å². The molecule has 1 amide bonds. The van der Waals surface area contributed by atoms with Crippen molar-refractivity contribution in [3.8, 4) is 0 Å². The molecule has 1 aliphatic heterocycles. The van der Waals surface area contributed by atoms with Crippen molar-refractivity contribution in [3.05, 3.63) is 81.8 Å². The minimum Gasteiger partial charge on any atom is -0.341 e. The van der Waals surface area contributed by atoms with Crippen LogP contribution in [0.4, 0.5) is 0 Å². The summed E-state index contributed by atoms with van der Waals surface area (Å²) in [6.07, 6.45) is 3.74. The molecule has 0 N–H and O–H groups in total. The highest BCUT2D eigenvalue weighted by Gasteiger charge is 2.31. The molecule has 1 aliphatic rings. The van der Waals surface area contributed by atoms with E-state index in [-0.39, 0.29) is 11.8 Å². The molecular formula is C24H27N3OS. The van der Waals surface area contributed by atoms with E-state index in [2.05, 4.69) is 53.5 Å². The van der Waals surface area contributed by atoms with E-state index >= 15 is 0 Å². The van der Waals surface area contributed by atoms with E-state index in [9.17, 15) is 4.79 Å². The molecule has 4 nitrogen and oxygen atoms in total. The molecule has 4 rings (SSSR count). The van der Waals surface area contributed by atoms with E-state index in [1.165, 1.54) is 5.56 Å². The van der Waals surface area contributed by atoms with Gasteiger partial charge in [-0.2, -0.15) is 0 Å². The van der Waals surface area contributed by atoms with E-state index < -0.39 is 0 Å². The normalized spacial score (nSPS) is 17.8. The quantitative estimate of drug-likeness (QED) is 0.578. The summed E-state index contributed by atoms with van der Waals surface area (Å²) in [6, 6.07) is 20.5. The fourth-order valence-corrected chi connectivity index (χ4v) is 5.11. The fourth-order valence-electron chi connectivity index (χ4n) is 4.11. The van der Waals surface area contributed by atoms with Gasteiger partial charge in [0.15, 0.2) is 0 Å². The average molecular weight is 406 g/mol. The van der Waals surface area contributed by atoms with Crippen LogP contribution in [0, 0.1) is 0 Å². The molecule has 1 saturated heterocycles. The molecule has 150 valence electrons. The van der Waals surface area contributed by atoms with Crippen LogP contribution in [-0.4, -0.2) is 34.1 Å². The van der Waals surface area contributed by atoms with E-state index in [1.54, 1.807) is 11.3 Å². The van der Waals surface area contributed by atoms with Crippen molar-refractivity contribution >= 4 is 17.2 Å². The lowest BCUT2D eigenvalue weighted by Gasteiger charge is -2.34. The van der Waals surface area contributed by atoms with Crippen molar-refractivity contribution < 1.29 is 4.79 Å². The number of piperidine rings is 1. The fraction of sp³-hybridized carbons (Fsp3) is 0.375. The number of amides is 1. The first kappa shape index (κ1) is 19.8. The van der Waals surface area contributed by atoms with Crippen LogP contribution in [0.1, 0.15) is 59.2 Å². The summed E-state index contributed by atoms with van der Waals surface area (Å²) in [4.78, 5) is 15.3. The van der Waals surface area contributed by atoms with E-state index in [0.717, 1.165) is 54.4 Å². The SMILES string of the molecule is CCC(C(=O)N1CCCC(c2nnc(Cc3ccccc3)s2)C1)c1ccccc1. The van der Waals surface area contributed by atoms with E-state index in [4.69, 9.17) is 0 Å². The molecule has 1 aromatic heterocycles. The van der Waals surface area contributed by atoms with Crippen molar-refractivity contribution in [2.45, 2.75) is 44.4 Å². The summed E-state index contributed by atoms with van der Waals surface area (Å²) < 4.78 is 0. The summed E-state index contributed by atoms with van der Waals surface area (Å²) in [5.41, 5.74) is 2.37. The predicted octanol–water partition coefficient (Wildman–Crippen LogP) is 5.03. The molecule has 0 spiro atoms. The van der Waals surface area contributed by atoms with Gasteiger partial charge < -0.3 is 4.90 Å². The van der Waals surface area contributed by atoms with Crippen molar-refractivity contribution in [2.75, 3.05) is 13.1 Å². The van der Waals surface area contributed by atoms with Crippen LogP contribution in [0.15, 0.2) is 60.7 Å². The van der Waals surface area contributed by atoms with Crippen molar-refractivity contribution in [3.63, 3.8) is 0 Å². The summed E-state index contributed by atoms with van der Waals surface area (Å²) in [5, 5.41) is 11.0. The number of aromatic nitrogens is 2. The smallest absolute Gasteiger partial charge is 0.230 e. The van der Waals surface area contributed by atoms with Gasteiger partial charge >= 0.3 is 0 Å². The Kier molecular flexibility index (Phi) is 6.35. The van der Waals surface area contributed by atoms with Gasteiger partial charge in [-0.15, -0.1) is 21.5 Å². The van der Waals surface area contributed by atoms with Crippen LogP contribution in [-0.2, 0) is 11.2 Å². The Morgan fingerprint density at radius 2 is 1.83 bits per heavy atom. The van der Waals surface area contributed by atoms with Gasteiger partial charge in [0.2, 0.25) is 5.91 Å². The third-order valence-corrected chi connectivity index (χ3v) is 6.76. The maximum Gasteiger partial charge on any atom is 0.230 e. The minimum absolute atomic E-state index is 0.0574. The molecule has 2 unspecified atom stereocenters. The van der Waals surface area contributed by atoms with Crippen LogP contribution in [0.5, 0.6) is 0 Å². The maximum absolute atomic E-state index is 13.2. The molecule has 29 heavy (non-hydrogen) atoms. The molecule has 0 aliphatic carbocycles. The average Bonchev–Trinajstić information content (AvgIpc) is 3.24. The molecule has 0 saturated carbocycles. The van der Waals surface area contributed by atoms with E-state index in [1.807, 2.05) is 29.2 Å². The number of rotatable bonds is 6. The van der Waals surface area contributed by atoms with Crippen LogP contribution >= 0.6 is 11.3 Å². The summed E-state index contributed by atoms with van der Waals surface area (Å²) in [5.74, 6) is 0.485. The Morgan fingerprint density at radius 3 is 2.55 bits per heavy atom. The molecule has 2 aromatic carbocycles. The van der Waals surface area contributed by atoms with Crippen LogP contribution in [0.2, 0.25) is 0 Å². The van der Waals surface area contributed by atoms with Gasteiger partial charge in [-0.05, 0) is 30.4 Å². The van der Waals surface area contributed by atoms with Gasteiger partial charge in [-0.3, -0.25) is 4.79 Å². The van der Waals surface area contributed by atoms with Gasteiger partial charge in [0.05, 0.1) is 5.92 Å². The van der Waals surface area contributed by atoms with Crippen molar-refractivity contribution in [1.29, 1.82) is 0 Å². The largest absolute Gasteiger partial charge is 0.341 e. The number of carbonyl (C=O) groups excluding carboxylic acids is 1. The molecule has 2 atom stereocenters.